The van der Waals surface area contributed by atoms with Gasteiger partial charge in [-0.15, -0.1) is 11.3 Å². The molecule has 5 atom stereocenters. The van der Waals surface area contributed by atoms with Crippen molar-refractivity contribution in [2.75, 3.05) is 47.4 Å². The molecule has 6 heterocycles. The predicted molar refractivity (Wildman–Crippen MR) is 236 cm³/mol. The van der Waals surface area contributed by atoms with Crippen LogP contribution < -0.4 is 10.7 Å². The normalized spacial score (nSPS) is 22.2. The Morgan fingerprint density at radius 3 is 2.64 bits per heavy atom. The van der Waals surface area contributed by atoms with Crippen LogP contribution in [-0.2, 0) is 48.0 Å². The number of benzene rings is 1. The summed E-state index contributed by atoms with van der Waals surface area (Å²) < 4.78 is 14.2. The quantitative estimate of drug-likeness (QED) is 0.203. The lowest BCUT2D eigenvalue weighted by Crippen LogP contribution is -2.62. The number of methoxy groups -OCH3 is 1. The Labute approximate surface area is 363 Å². The minimum Gasteiger partial charge on any atom is -0.464 e. The van der Waals surface area contributed by atoms with E-state index in [0.717, 1.165) is 57.6 Å². The highest BCUT2D eigenvalue weighted by molar-refractivity contribution is 7.10. The van der Waals surface area contributed by atoms with Gasteiger partial charge in [0.25, 0.3) is 5.91 Å². The van der Waals surface area contributed by atoms with E-state index >= 15 is 0 Å². The molecule has 61 heavy (non-hydrogen) atoms. The minimum absolute atomic E-state index is 0.0760. The Balaban J connectivity index is 1.30. The van der Waals surface area contributed by atoms with Gasteiger partial charge >= 0.3 is 5.97 Å². The first-order chi connectivity index (χ1) is 29.1. The number of thiazole rings is 1. The van der Waals surface area contributed by atoms with Crippen LogP contribution in [0.2, 0.25) is 0 Å². The van der Waals surface area contributed by atoms with Gasteiger partial charge in [-0.25, -0.2) is 10.4 Å². The zero-order chi connectivity index (χ0) is 43.7. The molecule has 2 N–H and O–H groups in total. The fraction of sp³-hybridized carbons (Fsp3) is 0.565. The van der Waals surface area contributed by atoms with Gasteiger partial charge in [-0.2, -0.15) is 0 Å². The number of aryl methyl sites for hydroxylation is 1. The van der Waals surface area contributed by atoms with E-state index in [1.54, 1.807) is 25.3 Å². The number of amides is 3. The molecule has 0 aliphatic carbocycles. The van der Waals surface area contributed by atoms with Crippen LogP contribution in [0.3, 0.4) is 0 Å². The van der Waals surface area contributed by atoms with Crippen LogP contribution in [0.5, 0.6) is 0 Å². The Bertz CT molecular complexity index is 2270. The number of carbonyl (C=O) groups excluding carboxylic acids is 4. The van der Waals surface area contributed by atoms with Gasteiger partial charge in [0.1, 0.15) is 18.1 Å². The van der Waals surface area contributed by atoms with Crippen LogP contribution >= 0.6 is 11.3 Å². The first-order valence-electron chi connectivity index (χ1n) is 21.7. The van der Waals surface area contributed by atoms with Crippen molar-refractivity contribution in [1.29, 1.82) is 0 Å². The SMILES string of the molecule is CCn1c(-c2cccnc2[C@H](C)OC)c2c3cc(ccc31)-c1csc(n1)C[C@H](NC(=O)C(C(C)C)N(C)C(=O)[C@H]1CCN(C)C1)C(=O)N1CCC[C@H](N1)C(=O)OCC(C)(C)C2. The second-order valence-corrected chi connectivity index (χ2v) is 19.1. The number of hydrogen-bond donors (Lipinski definition) is 2. The number of likely N-dealkylation sites (tertiary alicyclic amines) is 1. The maximum atomic E-state index is 14.5. The first kappa shape index (κ1) is 44.4. The molecule has 3 amide bonds. The predicted octanol–water partition coefficient (Wildman–Crippen LogP) is 5.64. The molecular weight excluding hydrogens is 793 g/mol. The number of hydrazine groups is 1. The van der Waals surface area contributed by atoms with Crippen LogP contribution in [0.25, 0.3) is 33.4 Å². The van der Waals surface area contributed by atoms with Gasteiger partial charge < -0.3 is 29.2 Å². The monoisotopic (exact) mass is 854 g/mol. The number of nitrogens with one attached hydrogen (secondary N) is 2. The van der Waals surface area contributed by atoms with Crippen molar-refractivity contribution >= 4 is 45.9 Å². The summed E-state index contributed by atoms with van der Waals surface area (Å²) in [7, 11) is 5.37. The topological polar surface area (TPSA) is 151 Å². The van der Waals surface area contributed by atoms with Crippen LogP contribution in [0.15, 0.2) is 41.9 Å². The number of likely N-dealkylation sites (N-methyl/N-ethyl adjacent to an activating group) is 1. The van der Waals surface area contributed by atoms with Gasteiger partial charge in [-0.3, -0.25) is 29.2 Å². The number of nitrogens with zero attached hydrogens (tertiary/aromatic N) is 6. The van der Waals surface area contributed by atoms with E-state index in [9.17, 15) is 19.2 Å². The van der Waals surface area contributed by atoms with Crippen LogP contribution in [0, 0.1) is 17.3 Å². The van der Waals surface area contributed by atoms with Crippen molar-refractivity contribution in [3.05, 3.63) is 58.2 Å². The largest absolute Gasteiger partial charge is 0.464 e. The summed E-state index contributed by atoms with van der Waals surface area (Å²) in [5.41, 5.74) is 9.42. The third-order valence-corrected chi connectivity index (χ3v) is 13.4. The zero-order valence-corrected chi connectivity index (χ0v) is 37.9. The van der Waals surface area contributed by atoms with Crippen molar-refractivity contribution in [3.63, 3.8) is 0 Å². The highest BCUT2D eigenvalue weighted by Crippen LogP contribution is 2.42. The highest BCUT2D eigenvalue weighted by atomic mass is 32.1. The van der Waals surface area contributed by atoms with Gasteiger partial charge in [0.2, 0.25) is 11.8 Å². The van der Waals surface area contributed by atoms with Crippen LogP contribution in [0.1, 0.15) is 83.2 Å². The number of ether oxygens (including phenoxy) is 2. The molecule has 14 nitrogen and oxygen atoms in total. The number of pyridine rings is 1. The molecule has 6 bridgehead atoms. The summed E-state index contributed by atoms with van der Waals surface area (Å²) in [4.78, 5) is 69.9. The number of cyclic esters (lactones) is 1. The maximum absolute atomic E-state index is 14.5. The van der Waals surface area contributed by atoms with Crippen molar-refractivity contribution in [1.82, 2.24) is 40.1 Å². The lowest BCUT2D eigenvalue weighted by molar-refractivity contribution is -0.155. The molecule has 3 aromatic heterocycles. The van der Waals surface area contributed by atoms with Crippen molar-refractivity contribution in [2.24, 2.45) is 17.3 Å². The van der Waals surface area contributed by atoms with E-state index in [4.69, 9.17) is 19.4 Å². The summed E-state index contributed by atoms with van der Waals surface area (Å²) >= 11 is 1.43. The van der Waals surface area contributed by atoms with E-state index in [-0.39, 0.29) is 42.8 Å². The van der Waals surface area contributed by atoms with E-state index < -0.39 is 35.4 Å². The Kier molecular flexibility index (Phi) is 13.3. The average Bonchev–Trinajstić information content (AvgIpc) is 3.98. The molecule has 2 fully saturated rings. The summed E-state index contributed by atoms with van der Waals surface area (Å²) in [5.74, 6) is -1.71. The van der Waals surface area contributed by atoms with Crippen molar-refractivity contribution in [3.8, 4) is 22.5 Å². The molecular formula is C46H62N8O6S. The fourth-order valence-electron chi connectivity index (χ4n) is 9.31. The van der Waals surface area contributed by atoms with Crippen LogP contribution in [0.4, 0.5) is 0 Å². The second kappa shape index (κ2) is 18.3. The number of esters is 1. The molecule has 4 aromatic rings. The van der Waals surface area contributed by atoms with Gasteiger partial charge in [0.05, 0.1) is 40.7 Å². The molecule has 3 aliphatic rings. The Morgan fingerprint density at radius 1 is 1.15 bits per heavy atom. The number of hydrogen-bond acceptors (Lipinski definition) is 11. The molecule has 15 heteroatoms. The number of rotatable bonds is 9. The molecule has 328 valence electrons. The zero-order valence-electron chi connectivity index (χ0n) is 37.1. The molecule has 7 rings (SSSR count). The van der Waals surface area contributed by atoms with E-state index in [1.165, 1.54) is 16.3 Å². The van der Waals surface area contributed by atoms with E-state index in [1.807, 2.05) is 39.3 Å². The Hall–Kier alpha value is -4.70. The first-order valence-corrected chi connectivity index (χ1v) is 22.6. The van der Waals surface area contributed by atoms with Crippen LogP contribution in [-0.4, -0.2) is 119 Å². The van der Waals surface area contributed by atoms with Gasteiger partial charge in [0.15, 0.2) is 0 Å². The minimum atomic E-state index is -1.02. The maximum Gasteiger partial charge on any atom is 0.324 e. The van der Waals surface area contributed by atoms with Crippen molar-refractivity contribution < 1.29 is 28.7 Å². The fourth-order valence-corrected chi connectivity index (χ4v) is 10.2. The number of fused-ring (bicyclic) bond motifs is 6. The van der Waals surface area contributed by atoms with Gasteiger partial charge in [0, 0.05) is 79.2 Å². The molecule has 0 spiro atoms. The second-order valence-electron chi connectivity index (χ2n) is 18.2. The molecule has 1 aromatic carbocycles. The summed E-state index contributed by atoms with van der Waals surface area (Å²) in [6.45, 7) is 14.9. The van der Waals surface area contributed by atoms with Gasteiger partial charge in [-0.1, -0.05) is 33.8 Å². The highest BCUT2D eigenvalue weighted by Gasteiger charge is 2.40. The van der Waals surface area contributed by atoms with E-state index in [0.29, 0.717) is 43.9 Å². The van der Waals surface area contributed by atoms with Gasteiger partial charge in [-0.05, 0) is 88.9 Å². The standard InChI is InChI=1S/C46H62N8O6S/c1-10-53-37-16-15-29-21-32(37)33(41(53)31-13-11-18-47-39(31)28(4)59-9)23-46(5,6)26-60-45(58)34-14-12-19-54(50-34)44(57)35(22-38-48-36(29)25-61-38)49-42(55)40(27(2)3)52(8)43(56)30-17-20-51(7)24-30/h11,13,15-16,18,21,25,27-28,30,34-35,40,50H,10,12,14,17,19-20,22-24,26H2,1-9H3,(H,49,55)/t28-,30-,34-,35-,40?/m0/s1. The molecule has 2 saturated heterocycles. The lowest BCUT2D eigenvalue weighted by atomic mass is 9.84. The third kappa shape index (κ3) is 9.25. The van der Waals surface area contributed by atoms with E-state index in [2.05, 4.69) is 65.2 Å². The lowest BCUT2D eigenvalue weighted by Gasteiger charge is -2.36. The third-order valence-electron chi connectivity index (χ3n) is 12.6. The number of aromatic nitrogens is 3. The molecule has 0 radical (unpaired) electrons. The molecule has 3 aliphatic heterocycles. The molecule has 1 unspecified atom stereocenters. The smallest absolute Gasteiger partial charge is 0.324 e. The summed E-state index contributed by atoms with van der Waals surface area (Å²) in [5, 5.41) is 8.24. The average molecular weight is 855 g/mol. The molecule has 0 saturated carbocycles. The Morgan fingerprint density at radius 2 is 1.93 bits per heavy atom. The van der Waals surface area contributed by atoms with Crippen molar-refractivity contribution in [2.45, 2.75) is 104 Å². The summed E-state index contributed by atoms with van der Waals surface area (Å²) in [6.07, 6.45) is 4.07. The summed E-state index contributed by atoms with van der Waals surface area (Å²) in [6, 6.07) is 7.90. The number of carbonyl (C=O) groups is 4.